The van der Waals surface area contributed by atoms with Crippen molar-refractivity contribution in [1.29, 1.82) is 0 Å². The highest BCUT2D eigenvalue weighted by molar-refractivity contribution is 5.95. The highest BCUT2D eigenvalue weighted by atomic mass is 16.5. The van der Waals surface area contributed by atoms with E-state index in [-0.39, 0.29) is 36.6 Å². The predicted molar refractivity (Wildman–Crippen MR) is 129 cm³/mol. The first-order valence-electron chi connectivity index (χ1n) is 12.8. The van der Waals surface area contributed by atoms with E-state index >= 15 is 0 Å². The van der Waals surface area contributed by atoms with Gasteiger partial charge in [-0.1, -0.05) is 12.8 Å². The van der Waals surface area contributed by atoms with Gasteiger partial charge in [-0.3, -0.25) is 4.98 Å². The third-order valence-corrected chi connectivity index (χ3v) is 6.78. The summed E-state index contributed by atoms with van der Waals surface area (Å²) in [6.07, 6.45) is 11.0. The maximum atomic E-state index is 12.7. The first-order chi connectivity index (χ1) is 17.1. The number of esters is 2. The van der Waals surface area contributed by atoms with Crippen molar-refractivity contribution >= 4 is 11.9 Å². The van der Waals surface area contributed by atoms with Crippen LogP contribution in [-0.2, 0) is 20.8 Å². The Kier molecular flexibility index (Phi) is 8.87. The van der Waals surface area contributed by atoms with Crippen molar-refractivity contribution in [3.05, 3.63) is 47.0 Å². The minimum absolute atomic E-state index is 0.00355. The maximum Gasteiger partial charge on any atom is 0.340 e. The van der Waals surface area contributed by atoms with Crippen LogP contribution in [0.25, 0.3) is 0 Å². The van der Waals surface area contributed by atoms with E-state index in [1.165, 1.54) is 24.4 Å². The standard InChI is InChI=1S/C26H36N4O5/c1-3-33-25(31)18-15-20(26(32)34-4-2)22(27-16-18)17-28-21-10-6-5-9-19(21)23-12-13-29-30(23)24-11-7-8-14-35-24/h12-13,15-16,19,21,24,28H,3-11,14,17H2,1-2H3. The molecule has 1 N–H and O–H groups in total. The molecule has 0 bridgehead atoms. The summed E-state index contributed by atoms with van der Waals surface area (Å²) >= 11 is 0. The van der Waals surface area contributed by atoms with Crippen LogP contribution >= 0.6 is 0 Å². The third-order valence-electron chi connectivity index (χ3n) is 6.78. The van der Waals surface area contributed by atoms with Gasteiger partial charge in [-0.05, 0) is 58.1 Å². The van der Waals surface area contributed by atoms with Crippen molar-refractivity contribution < 1.29 is 23.8 Å². The van der Waals surface area contributed by atoms with Crippen LogP contribution in [0.1, 0.15) is 103 Å². The van der Waals surface area contributed by atoms with Gasteiger partial charge in [0.25, 0.3) is 0 Å². The molecule has 9 nitrogen and oxygen atoms in total. The molecule has 35 heavy (non-hydrogen) atoms. The summed E-state index contributed by atoms with van der Waals surface area (Å²) in [5, 5.41) is 8.26. The lowest BCUT2D eigenvalue weighted by atomic mass is 9.82. The molecule has 0 radical (unpaired) electrons. The molecule has 1 aliphatic heterocycles. The Hall–Kier alpha value is -2.78. The highest BCUT2D eigenvalue weighted by Crippen LogP contribution is 2.35. The lowest BCUT2D eigenvalue weighted by Gasteiger charge is -2.34. The minimum Gasteiger partial charge on any atom is -0.462 e. The van der Waals surface area contributed by atoms with Crippen LogP contribution < -0.4 is 5.32 Å². The van der Waals surface area contributed by atoms with Gasteiger partial charge >= 0.3 is 11.9 Å². The Morgan fingerprint density at radius 3 is 2.63 bits per heavy atom. The van der Waals surface area contributed by atoms with Crippen molar-refractivity contribution in [1.82, 2.24) is 20.1 Å². The average molecular weight is 485 g/mol. The Morgan fingerprint density at radius 2 is 1.86 bits per heavy atom. The van der Waals surface area contributed by atoms with Gasteiger partial charge in [-0.25, -0.2) is 14.3 Å². The average Bonchev–Trinajstić information content (AvgIpc) is 3.38. The smallest absolute Gasteiger partial charge is 0.340 e. The molecule has 2 fully saturated rings. The topological polar surface area (TPSA) is 105 Å². The second-order valence-corrected chi connectivity index (χ2v) is 9.06. The molecule has 190 valence electrons. The number of rotatable bonds is 9. The van der Waals surface area contributed by atoms with Crippen molar-refractivity contribution in [2.24, 2.45) is 0 Å². The number of nitrogens with zero attached hydrogens (tertiary/aromatic N) is 3. The quantitative estimate of drug-likeness (QED) is 0.530. The summed E-state index contributed by atoms with van der Waals surface area (Å²) in [5.41, 5.74) is 2.29. The Bertz CT molecular complexity index is 1000. The van der Waals surface area contributed by atoms with Gasteiger partial charge in [0.15, 0.2) is 0 Å². The normalized spacial score (nSPS) is 22.5. The highest BCUT2D eigenvalue weighted by Gasteiger charge is 2.31. The molecule has 1 saturated heterocycles. The number of ether oxygens (including phenoxy) is 3. The SMILES string of the molecule is CCOC(=O)c1cnc(CNC2CCCCC2c2ccnn2C2CCCCO2)c(C(=O)OCC)c1. The van der Waals surface area contributed by atoms with Crippen LogP contribution in [0.15, 0.2) is 24.5 Å². The van der Waals surface area contributed by atoms with Gasteiger partial charge in [-0.15, -0.1) is 0 Å². The van der Waals surface area contributed by atoms with Gasteiger partial charge in [-0.2, -0.15) is 5.10 Å². The summed E-state index contributed by atoms with van der Waals surface area (Å²) in [6, 6.07) is 3.84. The van der Waals surface area contributed by atoms with E-state index in [1.54, 1.807) is 13.8 Å². The van der Waals surface area contributed by atoms with Crippen molar-refractivity contribution in [2.75, 3.05) is 19.8 Å². The fraction of sp³-hybridized carbons (Fsp3) is 0.615. The zero-order valence-electron chi connectivity index (χ0n) is 20.7. The van der Waals surface area contributed by atoms with Gasteiger partial charge in [0.2, 0.25) is 0 Å². The van der Waals surface area contributed by atoms with Crippen LogP contribution in [0.4, 0.5) is 0 Å². The number of nitrogens with one attached hydrogen (secondary N) is 1. The van der Waals surface area contributed by atoms with Crippen LogP contribution in [0.5, 0.6) is 0 Å². The molecule has 9 heteroatoms. The lowest BCUT2D eigenvalue weighted by molar-refractivity contribution is -0.0422. The predicted octanol–water partition coefficient (Wildman–Crippen LogP) is 4.15. The Morgan fingerprint density at radius 1 is 1.09 bits per heavy atom. The van der Waals surface area contributed by atoms with E-state index in [0.29, 0.717) is 18.2 Å². The number of carbonyl (C=O) groups excluding carboxylic acids is 2. The maximum absolute atomic E-state index is 12.7. The third kappa shape index (κ3) is 6.08. The number of aromatic nitrogens is 3. The minimum atomic E-state index is -0.504. The molecule has 2 aromatic rings. The first kappa shape index (κ1) is 25.3. The fourth-order valence-electron chi connectivity index (χ4n) is 5.08. The molecule has 0 spiro atoms. The second kappa shape index (κ2) is 12.3. The molecule has 3 atom stereocenters. The fourth-order valence-corrected chi connectivity index (χ4v) is 5.08. The molecule has 0 amide bonds. The van der Waals surface area contributed by atoms with Crippen molar-refractivity contribution in [3.63, 3.8) is 0 Å². The molecule has 2 aliphatic rings. The molecule has 1 saturated carbocycles. The van der Waals surface area contributed by atoms with Crippen LogP contribution in [0.3, 0.4) is 0 Å². The van der Waals surface area contributed by atoms with Gasteiger partial charge in [0, 0.05) is 43.2 Å². The van der Waals surface area contributed by atoms with E-state index in [4.69, 9.17) is 14.2 Å². The van der Waals surface area contributed by atoms with Gasteiger partial charge in [0.1, 0.15) is 6.23 Å². The lowest BCUT2D eigenvalue weighted by Crippen LogP contribution is -2.39. The Balaban J connectivity index is 1.52. The van der Waals surface area contributed by atoms with Crippen molar-refractivity contribution in [3.8, 4) is 0 Å². The van der Waals surface area contributed by atoms with Crippen molar-refractivity contribution in [2.45, 2.75) is 83.5 Å². The Labute approximate surface area is 206 Å². The monoisotopic (exact) mass is 484 g/mol. The summed E-state index contributed by atoms with van der Waals surface area (Å²) in [5.74, 6) is -0.701. The van der Waals surface area contributed by atoms with Gasteiger partial charge in [0.05, 0.1) is 30.0 Å². The van der Waals surface area contributed by atoms with E-state index in [9.17, 15) is 9.59 Å². The summed E-state index contributed by atoms with van der Waals surface area (Å²) in [6.45, 7) is 5.16. The van der Waals surface area contributed by atoms with Gasteiger partial charge < -0.3 is 19.5 Å². The number of hydrogen-bond acceptors (Lipinski definition) is 8. The first-order valence-corrected chi connectivity index (χ1v) is 12.8. The molecule has 2 aromatic heterocycles. The van der Waals surface area contributed by atoms with Crippen LogP contribution in [-0.4, -0.2) is 52.6 Å². The molecule has 1 aliphatic carbocycles. The van der Waals surface area contributed by atoms with E-state index < -0.39 is 11.9 Å². The summed E-state index contributed by atoms with van der Waals surface area (Å²) < 4.78 is 18.4. The molecule has 3 unspecified atom stereocenters. The number of pyridine rings is 1. The van der Waals surface area contributed by atoms with E-state index in [1.807, 2.05) is 6.20 Å². The zero-order valence-corrected chi connectivity index (χ0v) is 20.7. The zero-order chi connectivity index (χ0) is 24.6. The molecule has 0 aromatic carbocycles. The molecule has 3 heterocycles. The summed E-state index contributed by atoms with van der Waals surface area (Å²) in [7, 11) is 0. The molecular weight excluding hydrogens is 448 g/mol. The largest absolute Gasteiger partial charge is 0.462 e. The van der Waals surface area contributed by atoms with Crippen LogP contribution in [0, 0.1) is 0 Å². The molecule has 4 rings (SSSR count). The van der Waals surface area contributed by atoms with E-state index in [0.717, 1.165) is 45.1 Å². The van der Waals surface area contributed by atoms with E-state index in [2.05, 4.69) is 26.1 Å². The molecular formula is C26H36N4O5. The number of hydrogen-bond donors (Lipinski definition) is 1. The van der Waals surface area contributed by atoms with Crippen LogP contribution in [0.2, 0.25) is 0 Å². The second-order valence-electron chi connectivity index (χ2n) is 9.06. The summed E-state index contributed by atoms with van der Waals surface area (Å²) in [4.78, 5) is 29.3. The number of carbonyl (C=O) groups is 2.